The summed E-state index contributed by atoms with van der Waals surface area (Å²) < 4.78 is 5.27. The molecule has 2 heteroatoms. The van der Waals surface area contributed by atoms with E-state index in [1.807, 2.05) is 6.92 Å². The van der Waals surface area contributed by atoms with Crippen LogP contribution in [0.25, 0.3) is 0 Å². The van der Waals surface area contributed by atoms with Crippen LogP contribution >= 0.6 is 0 Å². The topological polar surface area (TPSA) is 35.2 Å². The Morgan fingerprint density at radius 3 is 2.75 bits per heavy atom. The molecule has 2 nitrogen and oxygen atoms in total. The van der Waals surface area contributed by atoms with Gasteiger partial charge in [-0.1, -0.05) is 0 Å². The fourth-order valence-electron chi connectivity index (χ4n) is 0.947. The maximum absolute atomic E-state index is 5.65. The van der Waals surface area contributed by atoms with E-state index in [1.165, 1.54) is 0 Å². The highest BCUT2D eigenvalue weighted by Gasteiger charge is 2.16. The summed E-state index contributed by atoms with van der Waals surface area (Å²) in [5.74, 6) is 0. The van der Waals surface area contributed by atoms with Gasteiger partial charge in [0.25, 0.3) is 0 Å². The summed E-state index contributed by atoms with van der Waals surface area (Å²) in [6.45, 7) is 2.93. The van der Waals surface area contributed by atoms with Crippen molar-refractivity contribution in [2.75, 3.05) is 6.61 Å². The van der Waals surface area contributed by atoms with Crippen molar-refractivity contribution < 1.29 is 4.74 Å². The van der Waals surface area contributed by atoms with Crippen LogP contribution in [0, 0.1) is 0 Å². The number of ether oxygens (including phenoxy) is 1. The first-order chi connectivity index (χ1) is 3.80. The number of rotatable bonds is 0. The Balaban J connectivity index is 2.28. The van der Waals surface area contributed by atoms with E-state index in [9.17, 15) is 0 Å². The summed E-state index contributed by atoms with van der Waals surface area (Å²) in [4.78, 5) is 0. The predicted molar refractivity (Wildman–Crippen MR) is 32.6 cm³/mol. The normalized spacial score (nSPS) is 39.8. The Bertz CT molecular complexity index is 64.9. The molecule has 1 aliphatic rings. The van der Waals surface area contributed by atoms with E-state index < -0.39 is 0 Å². The summed E-state index contributed by atoms with van der Waals surface area (Å²) in [6, 6.07) is 0.281. The van der Waals surface area contributed by atoms with Gasteiger partial charge in [-0.2, -0.15) is 0 Å². The summed E-state index contributed by atoms with van der Waals surface area (Å²) in [7, 11) is 0. The molecule has 2 N–H and O–H groups in total. The van der Waals surface area contributed by atoms with Gasteiger partial charge in [-0.3, -0.25) is 0 Å². The van der Waals surface area contributed by atoms with Gasteiger partial charge in [0.05, 0.1) is 6.10 Å². The molecule has 1 rings (SSSR count). The molecule has 48 valence electrons. The summed E-state index contributed by atoms with van der Waals surface area (Å²) in [5.41, 5.74) is 5.65. The molecule has 0 radical (unpaired) electrons. The highest BCUT2D eigenvalue weighted by molar-refractivity contribution is 4.72. The van der Waals surface area contributed by atoms with E-state index in [2.05, 4.69) is 0 Å². The summed E-state index contributed by atoms with van der Waals surface area (Å²) >= 11 is 0. The Kier molecular flexibility index (Phi) is 1.86. The minimum Gasteiger partial charge on any atom is -0.377 e. The molecular weight excluding hydrogens is 102 g/mol. The average Bonchev–Trinajstić information content (AvgIpc) is 1.77. The molecule has 0 unspecified atom stereocenters. The van der Waals surface area contributed by atoms with Crippen molar-refractivity contribution in [1.29, 1.82) is 0 Å². The highest BCUT2D eigenvalue weighted by Crippen LogP contribution is 2.10. The van der Waals surface area contributed by atoms with Crippen LogP contribution in [-0.4, -0.2) is 18.8 Å². The second-order valence-electron chi connectivity index (χ2n) is 2.38. The third-order valence-electron chi connectivity index (χ3n) is 1.67. The lowest BCUT2D eigenvalue weighted by Crippen LogP contribution is -2.38. The van der Waals surface area contributed by atoms with Crippen molar-refractivity contribution in [3.05, 3.63) is 0 Å². The van der Waals surface area contributed by atoms with E-state index in [1.54, 1.807) is 0 Å². The van der Waals surface area contributed by atoms with Gasteiger partial charge in [-0.05, 0) is 19.8 Å². The molecule has 0 aromatic heterocycles. The minimum atomic E-state index is 0.281. The van der Waals surface area contributed by atoms with Crippen LogP contribution in [0.4, 0.5) is 0 Å². The van der Waals surface area contributed by atoms with Crippen molar-refractivity contribution in [2.24, 2.45) is 5.73 Å². The fourth-order valence-corrected chi connectivity index (χ4v) is 0.947. The van der Waals surface area contributed by atoms with Gasteiger partial charge in [-0.15, -0.1) is 0 Å². The Hall–Kier alpha value is -0.0800. The number of hydrogen-bond acceptors (Lipinski definition) is 2. The summed E-state index contributed by atoms with van der Waals surface area (Å²) in [6.07, 6.45) is 2.54. The van der Waals surface area contributed by atoms with Crippen molar-refractivity contribution in [3.63, 3.8) is 0 Å². The van der Waals surface area contributed by atoms with E-state index in [-0.39, 0.29) is 12.1 Å². The Morgan fingerprint density at radius 1 is 1.62 bits per heavy atom. The molecule has 1 saturated heterocycles. The highest BCUT2D eigenvalue weighted by atomic mass is 16.5. The lowest BCUT2D eigenvalue weighted by atomic mass is 10.1. The largest absolute Gasteiger partial charge is 0.377 e. The van der Waals surface area contributed by atoms with Crippen LogP contribution in [0.3, 0.4) is 0 Å². The molecule has 0 saturated carbocycles. The van der Waals surface area contributed by atoms with Gasteiger partial charge in [0.15, 0.2) is 0 Å². The quantitative estimate of drug-likeness (QED) is 0.499. The first-order valence-electron chi connectivity index (χ1n) is 3.18. The molecule has 1 fully saturated rings. The predicted octanol–water partition coefficient (Wildman–Crippen LogP) is 0.513. The Labute approximate surface area is 50.0 Å². The lowest BCUT2D eigenvalue weighted by molar-refractivity contribution is 0.0138. The molecule has 8 heavy (non-hydrogen) atoms. The molecule has 0 aromatic rings. The van der Waals surface area contributed by atoms with E-state index in [4.69, 9.17) is 10.5 Å². The van der Waals surface area contributed by atoms with Gasteiger partial charge in [-0.25, -0.2) is 0 Å². The third-order valence-corrected chi connectivity index (χ3v) is 1.67. The van der Waals surface area contributed by atoms with E-state index >= 15 is 0 Å². The number of nitrogens with two attached hydrogens (primary N) is 1. The van der Waals surface area contributed by atoms with Gasteiger partial charge < -0.3 is 10.5 Å². The molecule has 0 aromatic carbocycles. The second-order valence-corrected chi connectivity index (χ2v) is 2.38. The SMILES string of the molecule is C[C@H]1OCCC[C@H]1N. The molecule has 2 atom stereocenters. The van der Waals surface area contributed by atoms with Crippen molar-refractivity contribution in [2.45, 2.75) is 31.9 Å². The van der Waals surface area contributed by atoms with Crippen molar-refractivity contribution in [3.8, 4) is 0 Å². The number of hydrogen-bond donors (Lipinski definition) is 1. The van der Waals surface area contributed by atoms with Crippen molar-refractivity contribution in [1.82, 2.24) is 0 Å². The van der Waals surface area contributed by atoms with Crippen LogP contribution in [-0.2, 0) is 4.74 Å². The smallest absolute Gasteiger partial charge is 0.0697 e. The Morgan fingerprint density at radius 2 is 2.38 bits per heavy atom. The molecular formula is C6H13NO. The minimum absolute atomic E-state index is 0.281. The molecule has 1 heterocycles. The average molecular weight is 115 g/mol. The lowest BCUT2D eigenvalue weighted by Gasteiger charge is -2.25. The third kappa shape index (κ3) is 1.20. The van der Waals surface area contributed by atoms with Crippen molar-refractivity contribution >= 4 is 0 Å². The van der Waals surface area contributed by atoms with Crippen LogP contribution < -0.4 is 5.73 Å². The molecule has 0 spiro atoms. The first-order valence-corrected chi connectivity index (χ1v) is 3.18. The standard InChI is InChI=1S/C6H13NO/c1-5-6(7)3-2-4-8-5/h5-6H,2-4,7H2,1H3/t5-,6-/m1/s1. The monoisotopic (exact) mass is 115 g/mol. The molecule has 0 bridgehead atoms. The van der Waals surface area contributed by atoms with Crippen LogP contribution in [0.2, 0.25) is 0 Å². The molecule has 0 aliphatic carbocycles. The van der Waals surface area contributed by atoms with Crippen LogP contribution in [0.1, 0.15) is 19.8 Å². The zero-order chi connectivity index (χ0) is 5.98. The maximum atomic E-state index is 5.65. The second kappa shape index (κ2) is 2.46. The van der Waals surface area contributed by atoms with E-state index in [0.29, 0.717) is 0 Å². The summed E-state index contributed by atoms with van der Waals surface area (Å²) in [5, 5.41) is 0. The molecule has 0 amide bonds. The van der Waals surface area contributed by atoms with Crippen LogP contribution in [0.15, 0.2) is 0 Å². The van der Waals surface area contributed by atoms with Gasteiger partial charge in [0.2, 0.25) is 0 Å². The maximum Gasteiger partial charge on any atom is 0.0697 e. The zero-order valence-electron chi connectivity index (χ0n) is 5.26. The first kappa shape index (κ1) is 6.05. The van der Waals surface area contributed by atoms with Gasteiger partial charge in [0.1, 0.15) is 0 Å². The van der Waals surface area contributed by atoms with Gasteiger partial charge in [0, 0.05) is 12.6 Å². The fraction of sp³-hybridized carbons (Fsp3) is 1.00. The van der Waals surface area contributed by atoms with Crippen LogP contribution in [0.5, 0.6) is 0 Å². The zero-order valence-corrected chi connectivity index (χ0v) is 5.26. The van der Waals surface area contributed by atoms with E-state index in [0.717, 1.165) is 19.4 Å². The van der Waals surface area contributed by atoms with Gasteiger partial charge >= 0.3 is 0 Å². The molecule has 1 aliphatic heterocycles.